The fourth-order valence-corrected chi connectivity index (χ4v) is 4.15. The zero-order chi connectivity index (χ0) is 24.2. The number of carbonyl (C=O) groups is 2. The van der Waals surface area contributed by atoms with E-state index in [4.69, 9.17) is 14.2 Å². The maximum atomic E-state index is 14.0. The minimum atomic E-state index is -0.270. The van der Waals surface area contributed by atoms with E-state index in [1.807, 2.05) is 6.92 Å². The van der Waals surface area contributed by atoms with Crippen LogP contribution in [0.15, 0.2) is 36.4 Å². The first-order valence-corrected chi connectivity index (χ1v) is 12.0. The van der Waals surface area contributed by atoms with Crippen molar-refractivity contribution in [2.75, 3.05) is 45.4 Å². The molecule has 0 saturated heterocycles. The molecular formula is C25H32FNO5S. The monoisotopic (exact) mass is 477 g/mol. The normalized spacial score (nSPS) is 10.6. The maximum Gasteiger partial charge on any atom is 0.315 e. The van der Waals surface area contributed by atoms with E-state index in [1.54, 1.807) is 56.4 Å². The van der Waals surface area contributed by atoms with Crippen molar-refractivity contribution >= 4 is 23.6 Å². The van der Waals surface area contributed by atoms with Crippen LogP contribution in [0.2, 0.25) is 0 Å². The van der Waals surface area contributed by atoms with E-state index in [1.165, 1.54) is 17.8 Å². The SMILES string of the molecule is CCOC(=O)CSCCN(CCCc1ccccc1F)C(=O)c1cc(OC)c(C)c(OC)c1. The molecule has 0 aliphatic rings. The van der Waals surface area contributed by atoms with Crippen LogP contribution in [0.25, 0.3) is 0 Å². The second kappa shape index (κ2) is 13.7. The Morgan fingerprint density at radius 3 is 2.33 bits per heavy atom. The number of thioether (sulfide) groups is 1. The van der Waals surface area contributed by atoms with Crippen molar-refractivity contribution in [3.8, 4) is 11.5 Å². The lowest BCUT2D eigenvalue weighted by atomic mass is 10.1. The summed E-state index contributed by atoms with van der Waals surface area (Å²) in [4.78, 5) is 26.7. The third-order valence-corrected chi connectivity index (χ3v) is 6.06. The molecule has 0 bridgehead atoms. The van der Waals surface area contributed by atoms with Gasteiger partial charge < -0.3 is 19.1 Å². The highest BCUT2D eigenvalue weighted by Crippen LogP contribution is 2.30. The summed E-state index contributed by atoms with van der Waals surface area (Å²) in [6.45, 7) is 4.87. The van der Waals surface area contributed by atoms with E-state index in [0.29, 0.717) is 60.9 Å². The standard InChI is InChI=1S/C25H32FNO5S/c1-5-32-24(28)17-33-14-13-27(12-8-10-19-9-6-7-11-21(19)26)25(29)20-15-22(30-3)18(2)23(16-20)31-4/h6-7,9,11,15-16H,5,8,10,12-14,17H2,1-4H3. The molecule has 0 aromatic heterocycles. The van der Waals surface area contributed by atoms with E-state index < -0.39 is 0 Å². The van der Waals surface area contributed by atoms with Crippen molar-refractivity contribution in [2.45, 2.75) is 26.7 Å². The predicted octanol–water partition coefficient (Wildman–Crippen LogP) is 4.52. The van der Waals surface area contributed by atoms with Crippen LogP contribution in [0.3, 0.4) is 0 Å². The highest BCUT2D eigenvalue weighted by Gasteiger charge is 2.20. The number of ether oxygens (including phenoxy) is 3. The largest absolute Gasteiger partial charge is 0.496 e. The molecule has 0 heterocycles. The lowest BCUT2D eigenvalue weighted by Crippen LogP contribution is -2.34. The highest BCUT2D eigenvalue weighted by atomic mass is 32.2. The molecule has 2 aromatic carbocycles. The smallest absolute Gasteiger partial charge is 0.315 e. The molecule has 0 spiro atoms. The van der Waals surface area contributed by atoms with E-state index in [-0.39, 0.29) is 23.4 Å². The number of carbonyl (C=O) groups excluding carboxylic acids is 2. The molecule has 6 nitrogen and oxygen atoms in total. The van der Waals surface area contributed by atoms with Crippen molar-refractivity contribution in [3.05, 3.63) is 58.9 Å². The number of methoxy groups -OCH3 is 2. The first-order chi connectivity index (χ1) is 15.9. The minimum absolute atomic E-state index is 0.170. The number of esters is 1. The molecular weight excluding hydrogens is 445 g/mol. The Morgan fingerprint density at radius 2 is 1.73 bits per heavy atom. The average molecular weight is 478 g/mol. The molecule has 8 heteroatoms. The van der Waals surface area contributed by atoms with Gasteiger partial charge in [0.25, 0.3) is 5.91 Å². The average Bonchev–Trinajstić information content (AvgIpc) is 2.81. The number of aryl methyl sites for hydroxylation is 1. The summed E-state index contributed by atoms with van der Waals surface area (Å²) < 4.78 is 29.7. The summed E-state index contributed by atoms with van der Waals surface area (Å²) in [7, 11) is 3.10. The molecule has 0 aliphatic heterocycles. The van der Waals surface area contributed by atoms with Crippen molar-refractivity contribution in [1.29, 1.82) is 0 Å². The molecule has 0 N–H and O–H groups in total. The molecule has 0 saturated carbocycles. The third-order valence-electron chi connectivity index (χ3n) is 5.15. The highest BCUT2D eigenvalue weighted by molar-refractivity contribution is 7.99. The molecule has 1 amide bonds. The van der Waals surface area contributed by atoms with Gasteiger partial charge in [-0.1, -0.05) is 18.2 Å². The van der Waals surface area contributed by atoms with Crippen molar-refractivity contribution in [3.63, 3.8) is 0 Å². The summed E-state index contributed by atoms with van der Waals surface area (Å²) in [6.07, 6.45) is 1.13. The molecule has 2 aromatic rings. The second-order valence-corrected chi connectivity index (χ2v) is 8.46. The number of halogens is 1. The van der Waals surface area contributed by atoms with Gasteiger partial charge in [-0.25, -0.2) is 4.39 Å². The van der Waals surface area contributed by atoms with Gasteiger partial charge in [0.1, 0.15) is 17.3 Å². The Balaban J connectivity index is 2.12. The zero-order valence-corrected chi connectivity index (χ0v) is 20.5. The zero-order valence-electron chi connectivity index (χ0n) is 19.7. The molecule has 0 radical (unpaired) electrons. The first kappa shape index (κ1) is 26.5. The number of nitrogens with zero attached hydrogens (tertiary/aromatic N) is 1. The quantitative estimate of drug-likeness (QED) is 0.312. The number of rotatable bonds is 13. The molecule has 2 rings (SSSR count). The summed E-state index contributed by atoms with van der Waals surface area (Å²) in [6, 6.07) is 10.1. The van der Waals surface area contributed by atoms with Gasteiger partial charge >= 0.3 is 5.97 Å². The summed E-state index contributed by atoms with van der Waals surface area (Å²) in [5, 5.41) is 0. The number of hydrogen-bond donors (Lipinski definition) is 0. The van der Waals surface area contributed by atoms with Gasteiger partial charge in [-0.3, -0.25) is 9.59 Å². The molecule has 33 heavy (non-hydrogen) atoms. The van der Waals surface area contributed by atoms with E-state index in [2.05, 4.69) is 0 Å². The molecule has 0 atom stereocenters. The minimum Gasteiger partial charge on any atom is -0.496 e. The number of benzene rings is 2. The van der Waals surface area contributed by atoms with E-state index >= 15 is 0 Å². The molecule has 0 unspecified atom stereocenters. The maximum absolute atomic E-state index is 14.0. The van der Waals surface area contributed by atoms with Crippen LogP contribution in [0.5, 0.6) is 11.5 Å². The fraction of sp³-hybridized carbons (Fsp3) is 0.440. The van der Waals surface area contributed by atoms with Crippen LogP contribution in [0.1, 0.15) is 34.8 Å². The van der Waals surface area contributed by atoms with Gasteiger partial charge in [0.05, 0.1) is 26.6 Å². The van der Waals surface area contributed by atoms with Crippen LogP contribution >= 0.6 is 11.8 Å². The van der Waals surface area contributed by atoms with Crippen LogP contribution in [0.4, 0.5) is 4.39 Å². The van der Waals surface area contributed by atoms with Crippen molar-refractivity contribution < 1.29 is 28.2 Å². The molecule has 0 aliphatic carbocycles. The summed E-state index contributed by atoms with van der Waals surface area (Å²) in [5.41, 5.74) is 1.89. The van der Waals surface area contributed by atoms with E-state index in [0.717, 1.165) is 5.56 Å². The lowest BCUT2D eigenvalue weighted by molar-refractivity contribution is -0.139. The number of amides is 1. The summed E-state index contributed by atoms with van der Waals surface area (Å²) >= 11 is 1.41. The van der Waals surface area contributed by atoms with Gasteiger partial charge in [-0.2, -0.15) is 0 Å². The van der Waals surface area contributed by atoms with Gasteiger partial charge in [0.2, 0.25) is 0 Å². The van der Waals surface area contributed by atoms with E-state index in [9.17, 15) is 14.0 Å². The van der Waals surface area contributed by atoms with Gasteiger partial charge in [-0.15, -0.1) is 11.8 Å². The van der Waals surface area contributed by atoms with Gasteiger partial charge in [0, 0.05) is 30.0 Å². The fourth-order valence-electron chi connectivity index (χ4n) is 3.40. The molecule has 0 fully saturated rings. The Labute approximate surface area is 199 Å². The van der Waals surface area contributed by atoms with Crippen LogP contribution in [0, 0.1) is 12.7 Å². The van der Waals surface area contributed by atoms with Crippen molar-refractivity contribution in [1.82, 2.24) is 4.90 Å². The molecule has 180 valence electrons. The van der Waals surface area contributed by atoms with Gasteiger partial charge in [-0.05, 0) is 50.5 Å². The van der Waals surface area contributed by atoms with Gasteiger partial charge in [0.15, 0.2) is 0 Å². The first-order valence-electron chi connectivity index (χ1n) is 10.9. The van der Waals surface area contributed by atoms with Crippen LogP contribution < -0.4 is 9.47 Å². The third kappa shape index (κ3) is 7.96. The number of hydrogen-bond acceptors (Lipinski definition) is 6. The summed E-state index contributed by atoms with van der Waals surface area (Å²) in [5.74, 6) is 1.27. The Bertz CT molecular complexity index is 912. The lowest BCUT2D eigenvalue weighted by Gasteiger charge is -2.24. The Kier molecular flexibility index (Phi) is 11.0. The Morgan fingerprint density at radius 1 is 1.06 bits per heavy atom. The predicted molar refractivity (Wildman–Crippen MR) is 129 cm³/mol. The Hall–Kier alpha value is -2.74. The van der Waals surface area contributed by atoms with Crippen molar-refractivity contribution in [2.24, 2.45) is 0 Å². The second-order valence-electron chi connectivity index (χ2n) is 7.35. The van der Waals surface area contributed by atoms with Crippen LogP contribution in [-0.4, -0.2) is 62.2 Å². The topological polar surface area (TPSA) is 65.1 Å². The van der Waals surface area contributed by atoms with Crippen LogP contribution in [-0.2, 0) is 16.0 Å².